The van der Waals surface area contributed by atoms with E-state index in [2.05, 4.69) is 5.32 Å². The largest absolute Gasteiger partial charge is 0.495 e. The molecule has 0 saturated carbocycles. The van der Waals surface area contributed by atoms with Crippen LogP contribution < -0.4 is 10.1 Å². The molecule has 0 fully saturated rings. The van der Waals surface area contributed by atoms with Crippen molar-refractivity contribution in [3.63, 3.8) is 0 Å². The Labute approximate surface area is 162 Å². The number of hydrogen-bond donors (Lipinski definition) is 1. The number of Topliss-reactive ketones (excluding diaryl/α,β-unsaturated/α-hetero) is 1. The van der Waals surface area contributed by atoms with Gasteiger partial charge in [0.15, 0.2) is 11.6 Å². The number of carbonyl (C=O) groups is 2. The van der Waals surface area contributed by atoms with E-state index in [1.54, 1.807) is 48.5 Å². The van der Waals surface area contributed by atoms with Gasteiger partial charge in [-0.15, -0.1) is 0 Å². The van der Waals surface area contributed by atoms with Gasteiger partial charge in [-0.1, -0.05) is 54.1 Å². The van der Waals surface area contributed by atoms with Crippen LogP contribution in [0.25, 0.3) is 0 Å². The Kier molecular flexibility index (Phi) is 5.89. The Morgan fingerprint density at radius 2 is 1.63 bits per heavy atom. The van der Waals surface area contributed by atoms with Gasteiger partial charge in [-0.25, -0.2) is 0 Å². The second-order valence-electron chi connectivity index (χ2n) is 5.87. The standard InChI is InChI=1S/C22H18ClNO3/c1-27-21-12-11-16(13-18(21)23)20(25)14-24-19-10-6-5-9-17(19)22(26)15-7-3-2-4-8-15/h2-13,24H,14H2,1H3. The molecule has 0 saturated heterocycles. The lowest BCUT2D eigenvalue weighted by molar-refractivity contribution is 0.100. The van der Waals surface area contributed by atoms with Gasteiger partial charge in [-0.3, -0.25) is 9.59 Å². The molecule has 3 rings (SSSR count). The van der Waals surface area contributed by atoms with Crippen LogP contribution in [0, 0.1) is 0 Å². The van der Waals surface area contributed by atoms with Crippen molar-refractivity contribution in [2.45, 2.75) is 0 Å². The molecule has 4 nitrogen and oxygen atoms in total. The van der Waals surface area contributed by atoms with Crippen LogP contribution in [0.4, 0.5) is 5.69 Å². The topological polar surface area (TPSA) is 55.4 Å². The van der Waals surface area contributed by atoms with Crippen LogP contribution in [0.3, 0.4) is 0 Å². The summed E-state index contributed by atoms with van der Waals surface area (Å²) in [6, 6.07) is 21.1. The smallest absolute Gasteiger partial charge is 0.195 e. The second kappa shape index (κ2) is 8.52. The highest BCUT2D eigenvalue weighted by Crippen LogP contribution is 2.25. The minimum atomic E-state index is -0.137. The molecule has 0 aliphatic carbocycles. The van der Waals surface area contributed by atoms with E-state index in [1.165, 1.54) is 7.11 Å². The van der Waals surface area contributed by atoms with Crippen LogP contribution in [0.5, 0.6) is 5.75 Å². The van der Waals surface area contributed by atoms with Crippen molar-refractivity contribution in [2.75, 3.05) is 19.0 Å². The first kappa shape index (κ1) is 18.7. The van der Waals surface area contributed by atoms with Gasteiger partial charge in [0, 0.05) is 22.4 Å². The van der Waals surface area contributed by atoms with E-state index in [1.807, 2.05) is 24.3 Å². The molecule has 1 N–H and O–H groups in total. The summed E-state index contributed by atoms with van der Waals surface area (Å²) in [4.78, 5) is 25.2. The number of ether oxygens (including phenoxy) is 1. The summed E-state index contributed by atoms with van der Waals surface area (Å²) in [5.41, 5.74) is 2.20. The van der Waals surface area contributed by atoms with Gasteiger partial charge in [0.25, 0.3) is 0 Å². The highest BCUT2D eigenvalue weighted by molar-refractivity contribution is 6.32. The molecule has 0 amide bonds. The minimum Gasteiger partial charge on any atom is -0.495 e. The van der Waals surface area contributed by atoms with Gasteiger partial charge in [0.2, 0.25) is 0 Å². The van der Waals surface area contributed by atoms with Crippen LogP contribution in [-0.2, 0) is 0 Å². The zero-order valence-electron chi connectivity index (χ0n) is 14.7. The van der Waals surface area contributed by atoms with E-state index < -0.39 is 0 Å². The average Bonchev–Trinajstić information content (AvgIpc) is 2.72. The summed E-state index contributed by atoms with van der Waals surface area (Å²) in [7, 11) is 1.52. The number of benzene rings is 3. The number of halogens is 1. The van der Waals surface area contributed by atoms with E-state index >= 15 is 0 Å². The molecular formula is C22H18ClNO3. The first-order valence-corrected chi connectivity index (χ1v) is 8.77. The number of ketones is 2. The third kappa shape index (κ3) is 4.36. The van der Waals surface area contributed by atoms with Crippen molar-refractivity contribution in [3.8, 4) is 5.75 Å². The predicted molar refractivity (Wildman–Crippen MR) is 107 cm³/mol. The Morgan fingerprint density at radius 3 is 2.33 bits per heavy atom. The lowest BCUT2D eigenvalue weighted by Gasteiger charge is -2.11. The molecular weight excluding hydrogens is 362 g/mol. The maximum Gasteiger partial charge on any atom is 0.195 e. The Hall–Kier alpha value is -3.11. The third-order valence-corrected chi connectivity index (χ3v) is 4.42. The molecule has 0 radical (unpaired) electrons. The molecule has 0 spiro atoms. The predicted octanol–water partition coefficient (Wildman–Crippen LogP) is 4.87. The van der Waals surface area contributed by atoms with Gasteiger partial charge < -0.3 is 10.1 Å². The molecule has 0 aliphatic heterocycles. The van der Waals surface area contributed by atoms with E-state index in [-0.39, 0.29) is 18.1 Å². The molecule has 0 aliphatic rings. The number of carbonyl (C=O) groups excluding carboxylic acids is 2. The fourth-order valence-corrected chi connectivity index (χ4v) is 2.96. The number of anilines is 1. The molecule has 3 aromatic carbocycles. The molecule has 0 unspecified atom stereocenters. The quantitative estimate of drug-likeness (QED) is 0.595. The zero-order valence-corrected chi connectivity index (χ0v) is 15.5. The van der Waals surface area contributed by atoms with Gasteiger partial charge in [0.05, 0.1) is 18.7 Å². The maximum absolute atomic E-state index is 12.7. The third-order valence-electron chi connectivity index (χ3n) is 4.12. The van der Waals surface area contributed by atoms with Gasteiger partial charge in [-0.05, 0) is 30.3 Å². The number of hydrogen-bond acceptors (Lipinski definition) is 4. The molecule has 0 bridgehead atoms. The Bertz CT molecular complexity index is 970. The SMILES string of the molecule is COc1ccc(C(=O)CNc2ccccc2C(=O)c2ccccc2)cc1Cl. The van der Waals surface area contributed by atoms with Crippen LogP contribution in [-0.4, -0.2) is 25.2 Å². The van der Waals surface area contributed by atoms with Crippen LogP contribution in [0.2, 0.25) is 5.02 Å². The van der Waals surface area contributed by atoms with E-state index in [0.29, 0.717) is 33.1 Å². The highest BCUT2D eigenvalue weighted by atomic mass is 35.5. The van der Waals surface area contributed by atoms with E-state index in [4.69, 9.17) is 16.3 Å². The molecule has 0 heterocycles. The summed E-state index contributed by atoms with van der Waals surface area (Å²) in [6.45, 7) is 0.0434. The van der Waals surface area contributed by atoms with E-state index in [0.717, 1.165) is 0 Å². The van der Waals surface area contributed by atoms with Crippen molar-refractivity contribution in [2.24, 2.45) is 0 Å². The van der Waals surface area contributed by atoms with Crippen molar-refractivity contribution in [3.05, 3.63) is 94.5 Å². The van der Waals surface area contributed by atoms with Crippen LogP contribution in [0.1, 0.15) is 26.3 Å². The van der Waals surface area contributed by atoms with Crippen LogP contribution >= 0.6 is 11.6 Å². The lowest BCUT2D eigenvalue weighted by atomic mass is 10.0. The fourth-order valence-electron chi connectivity index (χ4n) is 2.70. The zero-order chi connectivity index (χ0) is 19.2. The van der Waals surface area contributed by atoms with Crippen molar-refractivity contribution >= 4 is 28.9 Å². The van der Waals surface area contributed by atoms with Gasteiger partial charge >= 0.3 is 0 Å². The van der Waals surface area contributed by atoms with Crippen molar-refractivity contribution in [1.82, 2.24) is 0 Å². The maximum atomic E-state index is 12.7. The summed E-state index contributed by atoms with van der Waals surface area (Å²) in [5, 5.41) is 3.44. The first-order chi connectivity index (χ1) is 13.1. The van der Waals surface area contributed by atoms with Gasteiger partial charge in [-0.2, -0.15) is 0 Å². The highest BCUT2D eigenvalue weighted by Gasteiger charge is 2.14. The molecule has 0 aromatic heterocycles. The second-order valence-corrected chi connectivity index (χ2v) is 6.27. The Balaban J connectivity index is 1.76. The average molecular weight is 380 g/mol. The summed E-state index contributed by atoms with van der Waals surface area (Å²) in [6.07, 6.45) is 0. The first-order valence-electron chi connectivity index (χ1n) is 8.39. The van der Waals surface area contributed by atoms with Crippen molar-refractivity contribution in [1.29, 1.82) is 0 Å². The minimum absolute atomic E-state index is 0.0434. The fraction of sp³-hybridized carbons (Fsp3) is 0.0909. The van der Waals surface area contributed by atoms with Crippen molar-refractivity contribution < 1.29 is 14.3 Å². The lowest BCUT2D eigenvalue weighted by Crippen LogP contribution is -2.16. The van der Waals surface area contributed by atoms with Gasteiger partial charge in [0.1, 0.15) is 5.75 Å². The molecule has 5 heteroatoms. The monoisotopic (exact) mass is 379 g/mol. The summed E-state index contributed by atoms with van der Waals surface area (Å²) in [5.74, 6) is 0.278. The molecule has 27 heavy (non-hydrogen) atoms. The number of rotatable bonds is 7. The molecule has 136 valence electrons. The number of methoxy groups -OCH3 is 1. The molecule has 0 atom stereocenters. The normalized spacial score (nSPS) is 10.3. The Morgan fingerprint density at radius 1 is 0.926 bits per heavy atom. The number of nitrogens with one attached hydrogen (secondary N) is 1. The number of para-hydroxylation sites is 1. The molecule has 3 aromatic rings. The van der Waals surface area contributed by atoms with E-state index in [9.17, 15) is 9.59 Å². The summed E-state index contributed by atoms with van der Waals surface area (Å²) >= 11 is 6.08. The summed E-state index contributed by atoms with van der Waals surface area (Å²) < 4.78 is 5.10. The van der Waals surface area contributed by atoms with Crippen LogP contribution in [0.15, 0.2) is 72.8 Å².